The molecule has 0 radical (unpaired) electrons. The lowest BCUT2D eigenvalue weighted by Gasteiger charge is -2.27. The van der Waals surface area contributed by atoms with Crippen molar-refractivity contribution in [3.05, 3.63) is 0 Å². The Morgan fingerprint density at radius 2 is 2.25 bits per heavy atom. The molecule has 0 bridgehead atoms. The monoisotopic (exact) mass is 112 g/mol. The van der Waals surface area contributed by atoms with Gasteiger partial charge >= 0.3 is 0 Å². The molecule has 1 aliphatic heterocycles. The lowest BCUT2D eigenvalue weighted by molar-refractivity contribution is 0.00236. The van der Waals surface area contributed by atoms with Gasteiger partial charge in [-0.1, -0.05) is 0 Å². The van der Waals surface area contributed by atoms with Crippen LogP contribution in [0.2, 0.25) is 0 Å². The molecule has 2 aliphatic rings. The van der Waals surface area contributed by atoms with Gasteiger partial charge in [0.2, 0.25) is 0 Å². The molecule has 0 amide bonds. The molecule has 2 fully saturated rings. The molecule has 8 heavy (non-hydrogen) atoms. The lowest BCUT2D eigenvalue weighted by atomic mass is 9.81. The first-order valence-electron chi connectivity index (χ1n) is 3.52. The van der Waals surface area contributed by atoms with Gasteiger partial charge in [0.15, 0.2) is 0 Å². The van der Waals surface area contributed by atoms with Crippen LogP contribution in [0, 0.1) is 5.92 Å². The van der Waals surface area contributed by atoms with Gasteiger partial charge in [-0.2, -0.15) is 0 Å². The summed E-state index contributed by atoms with van der Waals surface area (Å²) in [6.07, 6.45) is 5.31. The standard InChI is InChI=1S/C7H12O/c1-5-4-6-2-3-7(6)8-5/h5-7H,2-4H2,1H3. The molecule has 1 heteroatoms. The van der Waals surface area contributed by atoms with E-state index in [-0.39, 0.29) is 0 Å². The maximum Gasteiger partial charge on any atom is 0.0608 e. The van der Waals surface area contributed by atoms with Crippen molar-refractivity contribution in [2.75, 3.05) is 0 Å². The van der Waals surface area contributed by atoms with Gasteiger partial charge in [0.05, 0.1) is 12.2 Å². The highest BCUT2D eigenvalue weighted by Crippen LogP contribution is 2.40. The topological polar surface area (TPSA) is 9.23 Å². The second-order valence-corrected chi connectivity index (χ2v) is 3.06. The van der Waals surface area contributed by atoms with Gasteiger partial charge in [-0.25, -0.2) is 0 Å². The zero-order valence-corrected chi connectivity index (χ0v) is 5.26. The van der Waals surface area contributed by atoms with Crippen molar-refractivity contribution < 1.29 is 4.74 Å². The predicted octanol–water partition coefficient (Wildman–Crippen LogP) is 1.57. The van der Waals surface area contributed by atoms with Crippen LogP contribution in [0.1, 0.15) is 26.2 Å². The molecule has 1 saturated carbocycles. The Kier molecular flexibility index (Phi) is 0.884. The first-order valence-corrected chi connectivity index (χ1v) is 3.52. The molecule has 0 aromatic carbocycles. The van der Waals surface area contributed by atoms with E-state index in [1.807, 2.05) is 0 Å². The van der Waals surface area contributed by atoms with Crippen molar-refractivity contribution in [2.45, 2.75) is 38.4 Å². The summed E-state index contributed by atoms with van der Waals surface area (Å²) in [6, 6.07) is 0. The summed E-state index contributed by atoms with van der Waals surface area (Å²) in [6.45, 7) is 2.18. The summed E-state index contributed by atoms with van der Waals surface area (Å²) in [5, 5.41) is 0. The summed E-state index contributed by atoms with van der Waals surface area (Å²) in [5.41, 5.74) is 0. The van der Waals surface area contributed by atoms with Crippen LogP contribution in [0.5, 0.6) is 0 Å². The lowest BCUT2D eigenvalue weighted by Crippen LogP contribution is -2.26. The van der Waals surface area contributed by atoms with E-state index < -0.39 is 0 Å². The van der Waals surface area contributed by atoms with Crippen molar-refractivity contribution in [1.29, 1.82) is 0 Å². The minimum Gasteiger partial charge on any atom is -0.375 e. The normalized spacial score (nSPS) is 52.9. The van der Waals surface area contributed by atoms with Crippen molar-refractivity contribution in [3.8, 4) is 0 Å². The second kappa shape index (κ2) is 1.47. The van der Waals surface area contributed by atoms with E-state index in [0.717, 1.165) is 5.92 Å². The minimum absolute atomic E-state index is 0.562. The molecular formula is C7H12O. The third-order valence-corrected chi connectivity index (χ3v) is 2.39. The largest absolute Gasteiger partial charge is 0.375 e. The van der Waals surface area contributed by atoms with Gasteiger partial charge < -0.3 is 4.74 Å². The molecule has 0 spiro atoms. The summed E-state index contributed by atoms with van der Waals surface area (Å²) >= 11 is 0. The Hall–Kier alpha value is -0.0400. The number of hydrogen-bond donors (Lipinski definition) is 0. The molecule has 1 aliphatic carbocycles. The van der Waals surface area contributed by atoms with Gasteiger partial charge in [-0.05, 0) is 32.1 Å². The van der Waals surface area contributed by atoms with Crippen molar-refractivity contribution >= 4 is 0 Å². The van der Waals surface area contributed by atoms with E-state index in [4.69, 9.17) is 4.74 Å². The summed E-state index contributed by atoms with van der Waals surface area (Å²) in [4.78, 5) is 0. The molecule has 46 valence electrons. The Morgan fingerprint density at radius 3 is 2.50 bits per heavy atom. The molecular weight excluding hydrogens is 100 g/mol. The van der Waals surface area contributed by atoms with Gasteiger partial charge in [0.25, 0.3) is 0 Å². The molecule has 1 heterocycles. The summed E-state index contributed by atoms with van der Waals surface area (Å²) < 4.78 is 5.56. The molecule has 2 rings (SSSR count). The van der Waals surface area contributed by atoms with Crippen molar-refractivity contribution in [2.24, 2.45) is 5.92 Å². The number of fused-ring (bicyclic) bond motifs is 1. The van der Waals surface area contributed by atoms with Crippen LogP contribution in [0.4, 0.5) is 0 Å². The van der Waals surface area contributed by atoms with E-state index in [1.54, 1.807) is 0 Å². The molecule has 3 atom stereocenters. The highest BCUT2D eigenvalue weighted by atomic mass is 16.5. The van der Waals surface area contributed by atoms with Gasteiger partial charge in [0.1, 0.15) is 0 Å². The molecule has 1 nitrogen and oxygen atoms in total. The Balaban J connectivity index is 2.00. The van der Waals surface area contributed by atoms with Crippen LogP contribution >= 0.6 is 0 Å². The maximum atomic E-state index is 5.56. The Bertz CT molecular complexity index is 88.6. The maximum absolute atomic E-state index is 5.56. The summed E-state index contributed by atoms with van der Waals surface area (Å²) in [7, 11) is 0. The van der Waals surface area contributed by atoms with E-state index in [2.05, 4.69) is 6.92 Å². The van der Waals surface area contributed by atoms with E-state index in [9.17, 15) is 0 Å². The fraction of sp³-hybridized carbons (Fsp3) is 1.00. The van der Waals surface area contributed by atoms with Crippen LogP contribution in [-0.4, -0.2) is 12.2 Å². The molecule has 3 unspecified atom stereocenters. The van der Waals surface area contributed by atoms with Crippen molar-refractivity contribution in [1.82, 2.24) is 0 Å². The Labute approximate surface area is 50.0 Å². The van der Waals surface area contributed by atoms with Crippen LogP contribution in [0.25, 0.3) is 0 Å². The summed E-state index contributed by atoms with van der Waals surface area (Å²) in [5.74, 6) is 0.949. The molecule has 0 aromatic rings. The number of ether oxygens (including phenoxy) is 1. The average molecular weight is 112 g/mol. The van der Waals surface area contributed by atoms with E-state index >= 15 is 0 Å². The Morgan fingerprint density at radius 1 is 1.38 bits per heavy atom. The first-order chi connectivity index (χ1) is 3.86. The highest BCUT2D eigenvalue weighted by molar-refractivity contribution is 4.88. The van der Waals surface area contributed by atoms with Crippen LogP contribution in [0.15, 0.2) is 0 Å². The van der Waals surface area contributed by atoms with Crippen molar-refractivity contribution in [3.63, 3.8) is 0 Å². The third kappa shape index (κ3) is 0.510. The quantitative estimate of drug-likeness (QED) is 0.462. The molecule has 0 aromatic heterocycles. The highest BCUT2D eigenvalue weighted by Gasteiger charge is 2.39. The van der Waals surface area contributed by atoms with Crippen LogP contribution in [-0.2, 0) is 4.74 Å². The second-order valence-electron chi connectivity index (χ2n) is 3.06. The minimum atomic E-state index is 0.562. The SMILES string of the molecule is CC1CC2CCC2O1. The van der Waals surface area contributed by atoms with Crippen LogP contribution < -0.4 is 0 Å². The fourth-order valence-electron chi connectivity index (χ4n) is 1.77. The average Bonchev–Trinajstić information content (AvgIpc) is 1.91. The zero-order chi connectivity index (χ0) is 5.56. The van der Waals surface area contributed by atoms with Gasteiger partial charge in [-0.3, -0.25) is 0 Å². The smallest absolute Gasteiger partial charge is 0.0608 e. The zero-order valence-electron chi connectivity index (χ0n) is 5.26. The van der Waals surface area contributed by atoms with E-state index in [0.29, 0.717) is 12.2 Å². The van der Waals surface area contributed by atoms with E-state index in [1.165, 1.54) is 19.3 Å². The molecule has 0 N–H and O–H groups in total. The van der Waals surface area contributed by atoms with Gasteiger partial charge in [-0.15, -0.1) is 0 Å². The van der Waals surface area contributed by atoms with Gasteiger partial charge in [0, 0.05) is 0 Å². The van der Waals surface area contributed by atoms with Crippen LogP contribution in [0.3, 0.4) is 0 Å². The number of hydrogen-bond acceptors (Lipinski definition) is 1. The predicted molar refractivity (Wildman–Crippen MR) is 31.7 cm³/mol. The number of rotatable bonds is 0. The fourth-order valence-corrected chi connectivity index (χ4v) is 1.77. The third-order valence-electron chi connectivity index (χ3n) is 2.39. The molecule has 1 saturated heterocycles. The first kappa shape index (κ1) is 4.80.